The standard InChI is InChI=1S/C20H20N2O3/c1-13-6-7-15-4-3-5-17(19(15)22-13)20(24)21-12-18(23)14-8-10-16(25-2)11-9-14/h3-11,18,23H,12H2,1-2H3,(H,21,24). The Morgan fingerprint density at radius 2 is 1.92 bits per heavy atom. The normalized spacial score (nSPS) is 12.0. The van der Waals surface area contributed by atoms with Crippen molar-refractivity contribution in [1.29, 1.82) is 0 Å². The van der Waals surface area contributed by atoms with Crippen LogP contribution < -0.4 is 10.1 Å². The first-order valence-corrected chi connectivity index (χ1v) is 8.05. The molecule has 5 heteroatoms. The number of rotatable bonds is 5. The minimum Gasteiger partial charge on any atom is -0.497 e. The van der Waals surface area contributed by atoms with Gasteiger partial charge in [-0.1, -0.05) is 30.3 Å². The third kappa shape index (κ3) is 3.78. The van der Waals surface area contributed by atoms with E-state index in [1.807, 2.05) is 31.2 Å². The lowest BCUT2D eigenvalue weighted by molar-refractivity contribution is 0.0917. The van der Waals surface area contributed by atoms with Crippen molar-refractivity contribution in [3.63, 3.8) is 0 Å². The van der Waals surface area contributed by atoms with E-state index in [-0.39, 0.29) is 12.5 Å². The van der Waals surface area contributed by atoms with E-state index in [4.69, 9.17) is 4.74 Å². The number of aliphatic hydroxyl groups is 1. The number of hydrogen-bond donors (Lipinski definition) is 2. The van der Waals surface area contributed by atoms with Crippen LogP contribution in [-0.2, 0) is 0 Å². The van der Waals surface area contributed by atoms with Crippen LogP contribution in [0.1, 0.15) is 27.7 Å². The van der Waals surface area contributed by atoms with Crippen molar-refractivity contribution in [3.05, 3.63) is 71.4 Å². The van der Waals surface area contributed by atoms with Crippen molar-refractivity contribution < 1.29 is 14.6 Å². The maximum atomic E-state index is 12.5. The molecule has 3 rings (SSSR count). The SMILES string of the molecule is COc1ccc(C(O)CNC(=O)c2cccc3ccc(C)nc23)cc1. The molecule has 0 spiro atoms. The van der Waals surface area contributed by atoms with Crippen molar-refractivity contribution in [1.82, 2.24) is 10.3 Å². The molecule has 0 aliphatic heterocycles. The molecule has 1 atom stereocenters. The maximum absolute atomic E-state index is 12.5. The van der Waals surface area contributed by atoms with Gasteiger partial charge in [-0.15, -0.1) is 0 Å². The largest absolute Gasteiger partial charge is 0.497 e. The number of carbonyl (C=O) groups excluding carboxylic acids is 1. The second-order valence-corrected chi connectivity index (χ2v) is 5.83. The zero-order valence-electron chi connectivity index (χ0n) is 14.2. The summed E-state index contributed by atoms with van der Waals surface area (Å²) in [6.07, 6.45) is -0.792. The highest BCUT2D eigenvalue weighted by Gasteiger charge is 2.14. The number of para-hydroxylation sites is 1. The van der Waals surface area contributed by atoms with Gasteiger partial charge in [0.15, 0.2) is 0 Å². The van der Waals surface area contributed by atoms with Gasteiger partial charge in [0.1, 0.15) is 5.75 Å². The van der Waals surface area contributed by atoms with Gasteiger partial charge in [0, 0.05) is 17.6 Å². The van der Waals surface area contributed by atoms with Gasteiger partial charge in [0.2, 0.25) is 0 Å². The Morgan fingerprint density at radius 1 is 1.16 bits per heavy atom. The summed E-state index contributed by atoms with van der Waals surface area (Å²) in [6.45, 7) is 2.01. The van der Waals surface area contributed by atoms with E-state index in [9.17, 15) is 9.90 Å². The van der Waals surface area contributed by atoms with Gasteiger partial charge in [0.25, 0.3) is 5.91 Å². The molecule has 0 bridgehead atoms. The summed E-state index contributed by atoms with van der Waals surface area (Å²) in [7, 11) is 1.59. The Morgan fingerprint density at radius 3 is 2.64 bits per heavy atom. The molecule has 0 aliphatic carbocycles. The average Bonchev–Trinajstić information content (AvgIpc) is 2.65. The Hall–Kier alpha value is -2.92. The van der Waals surface area contributed by atoms with Crippen LogP contribution in [0.5, 0.6) is 5.75 Å². The molecular formula is C20H20N2O3. The lowest BCUT2D eigenvalue weighted by Crippen LogP contribution is -2.28. The second-order valence-electron chi connectivity index (χ2n) is 5.83. The molecule has 1 amide bonds. The van der Waals surface area contributed by atoms with Gasteiger partial charge >= 0.3 is 0 Å². The number of amides is 1. The van der Waals surface area contributed by atoms with Crippen molar-refractivity contribution >= 4 is 16.8 Å². The van der Waals surface area contributed by atoms with E-state index in [0.717, 1.165) is 16.8 Å². The highest BCUT2D eigenvalue weighted by atomic mass is 16.5. The third-order valence-corrected chi connectivity index (χ3v) is 4.06. The quantitative estimate of drug-likeness (QED) is 0.751. The highest BCUT2D eigenvalue weighted by molar-refractivity contribution is 6.05. The molecule has 5 nitrogen and oxygen atoms in total. The first-order chi connectivity index (χ1) is 12.1. The number of pyridine rings is 1. The molecule has 1 unspecified atom stereocenters. The fourth-order valence-corrected chi connectivity index (χ4v) is 2.66. The number of aliphatic hydroxyl groups excluding tert-OH is 1. The molecule has 3 aromatic rings. The molecule has 0 fully saturated rings. The summed E-state index contributed by atoms with van der Waals surface area (Å²) < 4.78 is 5.10. The molecular weight excluding hydrogens is 316 g/mol. The van der Waals surface area contributed by atoms with Gasteiger partial charge in [-0.3, -0.25) is 9.78 Å². The molecule has 0 radical (unpaired) electrons. The summed E-state index contributed by atoms with van der Waals surface area (Å²) in [4.78, 5) is 17.0. The van der Waals surface area contributed by atoms with Crippen molar-refractivity contribution in [2.24, 2.45) is 0 Å². The predicted molar refractivity (Wildman–Crippen MR) is 96.8 cm³/mol. The zero-order valence-corrected chi connectivity index (χ0v) is 14.2. The number of aryl methyl sites for hydroxylation is 1. The minimum absolute atomic E-state index is 0.118. The Labute approximate surface area is 146 Å². The van der Waals surface area contributed by atoms with Crippen molar-refractivity contribution in [2.45, 2.75) is 13.0 Å². The summed E-state index contributed by atoms with van der Waals surface area (Å²) >= 11 is 0. The first kappa shape index (κ1) is 16.9. The lowest BCUT2D eigenvalue weighted by atomic mass is 10.1. The molecule has 128 valence electrons. The Bertz CT molecular complexity index is 891. The molecule has 25 heavy (non-hydrogen) atoms. The summed E-state index contributed by atoms with van der Waals surface area (Å²) in [6, 6.07) is 16.5. The Kier molecular flexibility index (Phi) is 4.95. The van der Waals surface area contributed by atoms with E-state index in [2.05, 4.69) is 10.3 Å². The number of carbonyl (C=O) groups is 1. The van der Waals surface area contributed by atoms with Gasteiger partial charge < -0.3 is 15.2 Å². The van der Waals surface area contributed by atoms with Crippen LogP contribution in [0.4, 0.5) is 0 Å². The average molecular weight is 336 g/mol. The number of benzene rings is 2. The van der Waals surface area contributed by atoms with E-state index in [0.29, 0.717) is 16.6 Å². The monoisotopic (exact) mass is 336 g/mol. The van der Waals surface area contributed by atoms with Gasteiger partial charge in [-0.25, -0.2) is 0 Å². The number of hydrogen-bond acceptors (Lipinski definition) is 4. The maximum Gasteiger partial charge on any atom is 0.253 e. The highest BCUT2D eigenvalue weighted by Crippen LogP contribution is 2.19. The van der Waals surface area contributed by atoms with Gasteiger partial charge in [0.05, 0.1) is 24.3 Å². The number of aromatic nitrogens is 1. The van der Waals surface area contributed by atoms with E-state index in [1.165, 1.54) is 0 Å². The second kappa shape index (κ2) is 7.32. The summed E-state index contributed by atoms with van der Waals surface area (Å²) in [5, 5.41) is 14.0. The fourth-order valence-electron chi connectivity index (χ4n) is 2.66. The minimum atomic E-state index is -0.792. The fraction of sp³-hybridized carbons (Fsp3) is 0.200. The number of fused-ring (bicyclic) bond motifs is 1. The van der Waals surface area contributed by atoms with Crippen LogP contribution in [-0.4, -0.2) is 29.7 Å². The summed E-state index contributed by atoms with van der Waals surface area (Å²) in [5.74, 6) is 0.466. The van der Waals surface area contributed by atoms with Gasteiger partial charge in [-0.05, 0) is 36.8 Å². The van der Waals surface area contributed by atoms with Crippen LogP contribution in [0.2, 0.25) is 0 Å². The molecule has 0 aliphatic rings. The molecule has 2 aromatic carbocycles. The Balaban J connectivity index is 1.73. The van der Waals surface area contributed by atoms with Crippen LogP contribution >= 0.6 is 0 Å². The number of nitrogens with one attached hydrogen (secondary N) is 1. The number of nitrogens with zero attached hydrogens (tertiary/aromatic N) is 1. The van der Waals surface area contributed by atoms with Crippen LogP contribution in [0.3, 0.4) is 0 Å². The number of methoxy groups -OCH3 is 1. The number of ether oxygens (including phenoxy) is 1. The van der Waals surface area contributed by atoms with E-state index >= 15 is 0 Å². The van der Waals surface area contributed by atoms with E-state index in [1.54, 1.807) is 37.4 Å². The summed E-state index contributed by atoms with van der Waals surface area (Å²) in [5.41, 5.74) is 2.74. The van der Waals surface area contributed by atoms with Crippen LogP contribution in [0.15, 0.2) is 54.6 Å². The lowest BCUT2D eigenvalue weighted by Gasteiger charge is -2.13. The first-order valence-electron chi connectivity index (χ1n) is 8.05. The van der Waals surface area contributed by atoms with Crippen molar-refractivity contribution in [3.8, 4) is 5.75 Å². The smallest absolute Gasteiger partial charge is 0.253 e. The zero-order chi connectivity index (χ0) is 17.8. The van der Waals surface area contributed by atoms with Gasteiger partial charge in [-0.2, -0.15) is 0 Å². The van der Waals surface area contributed by atoms with E-state index < -0.39 is 6.10 Å². The molecule has 0 saturated heterocycles. The molecule has 0 saturated carbocycles. The topological polar surface area (TPSA) is 71.5 Å². The van der Waals surface area contributed by atoms with Crippen LogP contribution in [0.25, 0.3) is 10.9 Å². The van der Waals surface area contributed by atoms with Crippen molar-refractivity contribution in [2.75, 3.05) is 13.7 Å². The molecule has 1 aromatic heterocycles. The predicted octanol–water partition coefficient (Wildman–Crippen LogP) is 3.02. The third-order valence-electron chi connectivity index (χ3n) is 4.06. The van der Waals surface area contributed by atoms with Crippen LogP contribution in [0, 0.1) is 6.92 Å². The molecule has 1 heterocycles. The molecule has 2 N–H and O–H groups in total.